The quantitative estimate of drug-likeness (QED) is 0.273. The lowest BCUT2D eigenvalue weighted by atomic mass is 10.1. The predicted octanol–water partition coefficient (Wildman–Crippen LogP) is 3.34. The van der Waals surface area contributed by atoms with Crippen LogP contribution in [-0.4, -0.2) is 164 Å². The fraction of sp³-hybridized carbons (Fsp3) is 0.659. The molecule has 0 aromatic heterocycles. The van der Waals surface area contributed by atoms with Crippen molar-refractivity contribution >= 4 is 43.5 Å². The Hall–Kier alpha value is -3.73. The van der Waals surface area contributed by atoms with Crippen LogP contribution in [0.5, 0.6) is 0 Å². The van der Waals surface area contributed by atoms with Gasteiger partial charge in [0.2, 0.25) is 20.0 Å². The maximum Gasteiger partial charge on any atom is 0.490 e. The molecule has 4 saturated heterocycles. The average molecular weight is 919 g/mol. The summed E-state index contributed by atoms with van der Waals surface area (Å²) in [6.45, 7) is 21.9. The first-order chi connectivity index (χ1) is 28.7. The molecule has 350 valence electrons. The van der Waals surface area contributed by atoms with E-state index in [0.717, 1.165) is 84.8 Å². The zero-order chi connectivity index (χ0) is 46.0. The number of amides is 1. The minimum Gasteiger partial charge on any atom is -0.475 e. The molecule has 0 unspecified atom stereocenters. The Morgan fingerprint density at radius 2 is 1.13 bits per heavy atom. The molecule has 4 N–H and O–H groups in total. The topological polar surface area (TPSA) is 184 Å². The summed E-state index contributed by atoms with van der Waals surface area (Å²) in [5.74, 6) is -2.76. The van der Waals surface area contributed by atoms with Gasteiger partial charge < -0.3 is 29.9 Å². The van der Waals surface area contributed by atoms with Crippen molar-refractivity contribution in [3.63, 3.8) is 0 Å². The van der Waals surface area contributed by atoms with Gasteiger partial charge in [0.1, 0.15) is 5.60 Å². The molecule has 6 rings (SSSR count). The molecule has 2 aromatic rings. The Bertz CT molecular complexity index is 2040. The summed E-state index contributed by atoms with van der Waals surface area (Å²) < 4.78 is 88.8. The van der Waals surface area contributed by atoms with E-state index in [2.05, 4.69) is 84.6 Å². The molecule has 0 saturated carbocycles. The Balaban J connectivity index is 0.000000242. The van der Waals surface area contributed by atoms with Crippen LogP contribution in [0.2, 0.25) is 0 Å². The van der Waals surface area contributed by atoms with Crippen LogP contribution in [0, 0.1) is 13.8 Å². The Morgan fingerprint density at radius 1 is 0.726 bits per heavy atom. The molecule has 62 heavy (non-hydrogen) atoms. The highest BCUT2D eigenvalue weighted by Gasteiger charge is 2.38. The lowest BCUT2D eigenvalue weighted by Crippen LogP contribution is -2.49. The Kier molecular flexibility index (Phi) is 17.9. The van der Waals surface area contributed by atoms with Gasteiger partial charge in [0.25, 0.3) is 0 Å². The number of alkyl halides is 3. The summed E-state index contributed by atoms with van der Waals surface area (Å²) in [5, 5.41) is 10.5. The molecule has 0 aliphatic carbocycles. The third-order valence-electron chi connectivity index (χ3n) is 10.6. The Morgan fingerprint density at radius 3 is 1.50 bits per heavy atom. The number of carbonyl (C=O) groups is 2. The second kappa shape index (κ2) is 21.8. The number of ether oxygens (including phenoxy) is 1. The van der Waals surface area contributed by atoms with E-state index >= 15 is 0 Å². The van der Waals surface area contributed by atoms with Gasteiger partial charge in [-0.1, -0.05) is 24.3 Å². The molecule has 2 atom stereocenters. The third-order valence-corrected chi connectivity index (χ3v) is 12.1. The molecule has 0 spiro atoms. The van der Waals surface area contributed by atoms with Gasteiger partial charge in [-0.3, -0.25) is 9.80 Å². The van der Waals surface area contributed by atoms with Crippen molar-refractivity contribution in [1.29, 1.82) is 0 Å². The van der Waals surface area contributed by atoms with E-state index in [1.165, 1.54) is 46.1 Å². The molecule has 0 bridgehead atoms. The second-order valence-corrected chi connectivity index (χ2v) is 21.0. The van der Waals surface area contributed by atoms with E-state index in [4.69, 9.17) is 14.6 Å². The van der Waals surface area contributed by atoms with Crippen molar-refractivity contribution in [2.75, 3.05) is 101 Å². The first-order valence-corrected chi connectivity index (χ1v) is 24.6. The molecule has 4 aliphatic rings. The molecule has 1 amide bonds. The van der Waals surface area contributed by atoms with Crippen LogP contribution in [-0.2, 0) is 42.7 Å². The lowest BCUT2D eigenvalue weighted by Gasteiger charge is -2.36. The third kappa shape index (κ3) is 17.4. The van der Waals surface area contributed by atoms with Crippen molar-refractivity contribution < 1.29 is 49.4 Å². The van der Waals surface area contributed by atoms with Crippen LogP contribution < -0.4 is 24.6 Å². The van der Waals surface area contributed by atoms with Gasteiger partial charge in [-0.2, -0.15) is 13.2 Å². The van der Waals surface area contributed by atoms with Crippen molar-refractivity contribution in [1.82, 2.24) is 29.5 Å². The lowest BCUT2D eigenvalue weighted by molar-refractivity contribution is -0.192. The standard InChI is InChI=1S/C22H36N4O4S.C17H28N4O2S.C2HF3O2/c1-17-6-7-18(20(14-17)26-9-8-19(16-26)23-31(5,28)29)15-24-10-12-25(13-11-24)21(27)30-22(2,3)4;1-14-3-4-15(12-20-9-6-18-7-10-20)17(11-14)21-8-5-16(13-21)19-24(2,22)23;3-2(4,5)1(6)7/h6-7,14,19,23H,8-13,15-16H2,1-5H3;3-4,11,16,18-19H,5-10,12-13H2,1-2H3;(H,6,7)/t19-;16-;/m11./s1. The smallest absolute Gasteiger partial charge is 0.475 e. The van der Waals surface area contributed by atoms with Gasteiger partial charge in [0.15, 0.2) is 0 Å². The number of piperazine rings is 2. The van der Waals surface area contributed by atoms with Crippen LogP contribution in [0.1, 0.15) is 55.9 Å². The maximum absolute atomic E-state index is 12.3. The molecular weight excluding hydrogens is 854 g/mol. The van der Waals surface area contributed by atoms with E-state index in [1.54, 1.807) is 4.90 Å². The average Bonchev–Trinajstić information content (AvgIpc) is 3.81. The summed E-state index contributed by atoms with van der Waals surface area (Å²) in [7, 11) is -6.35. The highest BCUT2D eigenvalue weighted by atomic mass is 32.2. The zero-order valence-electron chi connectivity index (χ0n) is 36.9. The molecule has 0 radical (unpaired) electrons. The highest BCUT2D eigenvalue weighted by Crippen LogP contribution is 2.29. The van der Waals surface area contributed by atoms with Gasteiger partial charge in [-0.15, -0.1) is 0 Å². The molecule has 16 nitrogen and oxygen atoms in total. The normalized spacial score (nSPS) is 20.6. The number of carbonyl (C=O) groups excluding carboxylic acids is 1. The molecule has 2 aromatic carbocycles. The number of hydrogen-bond donors (Lipinski definition) is 4. The second-order valence-electron chi connectivity index (χ2n) is 17.5. The monoisotopic (exact) mass is 918 g/mol. The predicted molar refractivity (Wildman–Crippen MR) is 234 cm³/mol. The van der Waals surface area contributed by atoms with E-state index in [0.29, 0.717) is 19.6 Å². The number of halogens is 3. The number of nitrogens with one attached hydrogen (secondary N) is 3. The fourth-order valence-corrected chi connectivity index (χ4v) is 9.32. The van der Waals surface area contributed by atoms with Gasteiger partial charge in [0.05, 0.1) is 12.5 Å². The number of aliphatic carboxylic acids is 1. The number of anilines is 2. The van der Waals surface area contributed by atoms with Crippen LogP contribution >= 0.6 is 0 Å². The SMILES string of the molecule is Cc1ccc(CN2CCN(C(=O)OC(C)(C)C)CC2)c(N2CC[C@@H](NS(C)(=O)=O)C2)c1.Cc1ccc(CN2CCNCC2)c(N2CC[C@@H](NS(C)(=O)=O)C2)c1.O=C(O)C(F)(F)F. The van der Waals surface area contributed by atoms with Crippen molar-refractivity contribution in [2.45, 2.75) is 84.4 Å². The summed E-state index contributed by atoms with van der Waals surface area (Å²) in [5.41, 5.74) is 6.95. The van der Waals surface area contributed by atoms with E-state index in [9.17, 15) is 34.8 Å². The molecule has 4 fully saturated rings. The summed E-state index contributed by atoms with van der Waals surface area (Å²) >= 11 is 0. The minimum absolute atomic E-state index is 0.00699. The summed E-state index contributed by atoms with van der Waals surface area (Å²) in [4.78, 5) is 32.4. The van der Waals surface area contributed by atoms with Gasteiger partial charge in [-0.25, -0.2) is 35.9 Å². The van der Waals surface area contributed by atoms with Gasteiger partial charge >= 0.3 is 18.2 Å². The van der Waals surface area contributed by atoms with Gasteiger partial charge in [0, 0.05) is 115 Å². The van der Waals surface area contributed by atoms with Gasteiger partial charge in [-0.05, 0) is 81.8 Å². The Labute approximate surface area is 365 Å². The van der Waals surface area contributed by atoms with E-state index in [1.807, 2.05) is 20.8 Å². The van der Waals surface area contributed by atoms with Crippen molar-refractivity contribution in [2.24, 2.45) is 0 Å². The maximum atomic E-state index is 12.3. The summed E-state index contributed by atoms with van der Waals surface area (Å²) in [6, 6.07) is 13.1. The number of aryl methyl sites for hydroxylation is 2. The van der Waals surface area contributed by atoms with Crippen LogP contribution in [0.15, 0.2) is 36.4 Å². The number of carboxylic acid groups (broad SMARTS) is 1. The first kappa shape index (κ1) is 50.9. The first-order valence-electron chi connectivity index (χ1n) is 20.8. The van der Waals surface area contributed by atoms with Crippen LogP contribution in [0.4, 0.5) is 29.3 Å². The highest BCUT2D eigenvalue weighted by molar-refractivity contribution is 7.89. The van der Waals surface area contributed by atoms with Crippen molar-refractivity contribution in [3.8, 4) is 0 Å². The molecule has 21 heteroatoms. The number of benzene rings is 2. The van der Waals surface area contributed by atoms with E-state index in [-0.39, 0.29) is 18.2 Å². The van der Waals surface area contributed by atoms with Crippen LogP contribution in [0.25, 0.3) is 0 Å². The zero-order valence-corrected chi connectivity index (χ0v) is 38.6. The minimum atomic E-state index is -5.08. The number of hydrogen-bond acceptors (Lipinski definition) is 12. The number of rotatable bonds is 10. The number of carboxylic acids is 1. The van der Waals surface area contributed by atoms with E-state index < -0.39 is 37.8 Å². The van der Waals surface area contributed by atoms with Crippen LogP contribution in [0.3, 0.4) is 0 Å². The summed E-state index contributed by atoms with van der Waals surface area (Å²) in [6.07, 6.45) is -1.23. The largest absolute Gasteiger partial charge is 0.490 e. The molecular formula is C41H65F3N8O8S2. The fourth-order valence-electron chi connectivity index (χ4n) is 7.73. The van der Waals surface area contributed by atoms with Crippen molar-refractivity contribution in [3.05, 3.63) is 58.7 Å². The molecule has 4 heterocycles. The number of sulfonamides is 2. The molecule has 4 aliphatic heterocycles. The number of nitrogens with zero attached hydrogens (tertiary/aromatic N) is 5.